The number of imidazole rings is 1. The summed E-state index contributed by atoms with van der Waals surface area (Å²) in [6.45, 7) is 2.07. The summed E-state index contributed by atoms with van der Waals surface area (Å²) in [5.41, 5.74) is 4.18. The van der Waals surface area contributed by atoms with Crippen LogP contribution >= 0.6 is 45.8 Å². The van der Waals surface area contributed by atoms with Gasteiger partial charge in [0.1, 0.15) is 5.82 Å². The smallest absolute Gasteiger partial charge is 0.115 e. The molecule has 0 fully saturated rings. The molecule has 1 aromatic heterocycles. The lowest BCUT2D eigenvalue weighted by Gasteiger charge is -2.11. The first kappa shape index (κ1) is 15.1. The van der Waals surface area contributed by atoms with Crippen LogP contribution in [-0.4, -0.2) is 15.4 Å². The molecule has 3 rings (SSSR count). The van der Waals surface area contributed by atoms with Gasteiger partial charge in [-0.15, -0.1) is 11.6 Å². The monoisotopic (exact) mass is 430 g/mol. The molecule has 0 spiro atoms. The summed E-state index contributed by atoms with van der Waals surface area (Å²) in [7, 11) is 0. The van der Waals surface area contributed by atoms with Crippen molar-refractivity contribution in [3.05, 3.63) is 56.4 Å². The number of aromatic nitrogens is 2. The molecule has 0 atom stereocenters. The van der Waals surface area contributed by atoms with Crippen molar-refractivity contribution in [2.24, 2.45) is 0 Å². The van der Waals surface area contributed by atoms with Crippen LogP contribution in [0.15, 0.2) is 36.4 Å². The molecule has 0 aliphatic heterocycles. The molecule has 2 aromatic carbocycles. The Hall–Kier alpha value is -0.780. The zero-order valence-electron chi connectivity index (χ0n) is 11.4. The Morgan fingerprint density at radius 2 is 2.05 bits per heavy atom. The molecule has 0 N–H and O–H groups in total. The molecular formula is C16H13Cl2IN2. The number of fused-ring (bicyclic) bond motifs is 1. The number of nitrogens with zero attached hydrogens (tertiary/aromatic N) is 2. The molecule has 0 unspecified atom stereocenters. The van der Waals surface area contributed by atoms with Crippen LogP contribution in [0.4, 0.5) is 0 Å². The van der Waals surface area contributed by atoms with Crippen LogP contribution in [0.3, 0.4) is 0 Å². The minimum atomic E-state index is 0.532. The Kier molecular flexibility index (Phi) is 4.43. The molecule has 108 valence electrons. The number of aryl methyl sites for hydroxylation is 2. The number of alkyl halides is 1. The average Bonchev–Trinajstić information content (AvgIpc) is 2.79. The number of rotatable bonds is 3. The van der Waals surface area contributed by atoms with Gasteiger partial charge < -0.3 is 0 Å². The van der Waals surface area contributed by atoms with E-state index in [-0.39, 0.29) is 0 Å². The van der Waals surface area contributed by atoms with Crippen molar-refractivity contribution in [1.29, 1.82) is 0 Å². The van der Waals surface area contributed by atoms with Gasteiger partial charge in [-0.2, -0.15) is 0 Å². The highest BCUT2D eigenvalue weighted by molar-refractivity contribution is 14.1. The maximum atomic E-state index is 6.45. The van der Waals surface area contributed by atoms with Crippen molar-refractivity contribution in [3.63, 3.8) is 0 Å². The molecule has 5 heteroatoms. The molecule has 0 aliphatic rings. The van der Waals surface area contributed by atoms with Crippen LogP contribution in [0.5, 0.6) is 0 Å². The van der Waals surface area contributed by atoms with E-state index in [9.17, 15) is 0 Å². The first-order valence-corrected chi connectivity index (χ1v) is 8.59. The molecule has 0 amide bonds. The third-order valence-electron chi connectivity index (χ3n) is 3.43. The minimum Gasteiger partial charge on any atom is -0.295 e. The number of hydrogen-bond acceptors (Lipinski definition) is 1. The van der Waals surface area contributed by atoms with E-state index in [1.165, 1.54) is 0 Å². The third-order valence-corrected chi connectivity index (χ3v) is 4.59. The topological polar surface area (TPSA) is 17.8 Å². The Morgan fingerprint density at radius 3 is 2.76 bits per heavy atom. The third kappa shape index (κ3) is 2.79. The summed E-state index contributed by atoms with van der Waals surface area (Å²) in [5.74, 6) is 1.47. The normalized spacial score (nSPS) is 11.2. The zero-order valence-corrected chi connectivity index (χ0v) is 15.1. The van der Waals surface area contributed by atoms with Gasteiger partial charge in [-0.1, -0.05) is 23.7 Å². The number of hydrogen-bond donors (Lipinski definition) is 0. The summed E-state index contributed by atoms with van der Waals surface area (Å²) in [5, 5.41) is 0.721. The predicted octanol–water partition coefficient (Wildman–Crippen LogP) is 5.37. The molecule has 3 aromatic rings. The van der Waals surface area contributed by atoms with Crippen LogP contribution in [0.25, 0.3) is 16.7 Å². The number of benzene rings is 2. The van der Waals surface area contributed by atoms with Crippen molar-refractivity contribution in [1.82, 2.24) is 9.55 Å². The number of para-hydroxylation sites is 1. The summed E-state index contributed by atoms with van der Waals surface area (Å²) >= 11 is 14.6. The van der Waals surface area contributed by atoms with Gasteiger partial charge in [0.2, 0.25) is 0 Å². The first-order valence-electron chi connectivity index (χ1n) is 6.60. The fraction of sp³-hybridized carbons (Fsp3) is 0.188. The highest BCUT2D eigenvalue weighted by atomic mass is 127. The lowest BCUT2D eigenvalue weighted by atomic mass is 10.2. The maximum absolute atomic E-state index is 6.45. The molecule has 0 bridgehead atoms. The van der Waals surface area contributed by atoms with Gasteiger partial charge in [-0.05, 0) is 59.3 Å². The van der Waals surface area contributed by atoms with Crippen LogP contribution < -0.4 is 0 Å². The van der Waals surface area contributed by atoms with Crippen molar-refractivity contribution < 1.29 is 0 Å². The van der Waals surface area contributed by atoms with Crippen LogP contribution in [-0.2, 0) is 6.42 Å². The van der Waals surface area contributed by atoms with E-state index in [4.69, 9.17) is 28.2 Å². The number of halogens is 3. The van der Waals surface area contributed by atoms with Crippen molar-refractivity contribution in [2.75, 3.05) is 5.88 Å². The van der Waals surface area contributed by atoms with E-state index >= 15 is 0 Å². The molecule has 0 radical (unpaired) electrons. The lowest BCUT2D eigenvalue weighted by Crippen LogP contribution is -2.03. The second kappa shape index (κ2) is 6.15. The van der Waals surface area contributed by atoms with E-state index in [1.807, 2.05) is 24.3 Å². The summed E-state index contributed by atoms with van der Waals surface area (Å²) < 4.78 is 3.23. The average molecular weight is 431 g/mol. The molecule has 1 heterocycles. The standard InChI is InChI=1S/C16H13Cl2IN2/c1-10-3-2-4-14-16(10)20-15(7-8-17)21(14)13-6-5-11(19)9-12(13)18/h2-6,9H,7-8H2,1H3. The largest absolute Gasteiger partial charge is 0.295 e. The Morgan fingerprint density at radius 1 is 1.24 bits per heavy atom. The van der Waals surface area contributed by atoms with E-state index in [2.05, 4.69) is 46.2 Å². The Balaban J connectivity index is 2.33. The van der Waals surface area contributed by atoms with Gasteiger partial charge >= 0.3 is 0 Å². The van der Waals surface area contributed by atoms with E-state index in [0.29, 0.717) is 12.3 Å². The van der Waals surface area contributed by atoms with Gasteiger partial charge in [-0.3, -0.25) is 4.57 Å². The quantitative estimate of drug-likeness (QED) is 0.403. The first-order chi connectivity index (χ1) is 10.1. The van der Waals surface area contributed by atoms with Crippen LogP contribution in [0, 0.1) is 10.5 Å². The van der Waals surface area contributed by atoms with E-state index < -0.39 is 0 Å². The van der Waals surface area contributed by atoms with Gasteiger partial charge in [-0.25, -0.2) is 4.98 Å². The van der Waals surface area contributed by atoms with Gasteiger partial charge in [0, 0.05) is 15.9 Å². The van der Waals surface area contributed by atoms with Gasteiger partial charge in [0.25, 0.3) is 0 Å². The Labute approximate surface area is 147 Å². The second-order valence-corrected chi connectivity index (χ2v) is 6.87. The minimum absolute atomic E-state index is 0.532. The van der Waals surface area contributed by atoms with Crippen LogP contribution in [0.1, 0.15) is 11.4 Å². The summed E-state index contributed by atoms with van der Waals surface area (Å²) in [6, 6.07) is 12.2. The van der Waals surface area contributed by atoms with Gasteiger partial charge in [0.05, 0.1) is 21.7 Å². The fourth-order valence-electron chi connectivity index (χ4n) is 2.47. The second-order valence-electron chi connectivity index (χ2n) is 4.84. The van der Waals surface area contributed by atoms with Crippen molar-refractivity contribution >= 4 is 56.8 Å². The summed E-state index contributed by atoms with van der Waals surface area (Å²) in [6.07, 6.45) is 0.706. The molecule has 0 saturated carbocycles. The summed E-state index contributed by atoms with van der Waals surface area (Å²) in [4.78, 5) is 4.76. The highest BCUT2D eigenvalue weighted by Crippen LogP contribution is 2.29. The Bertz CT molecular complexity index is 811. The molecule has 21 heavy (non-hydrogen) atoms. The highest BCUT2D eigenvalue weighted by Gasteiger charge is 2.15. The van der Waals surface area contributed by atoms with Crippen molar-refractivity contribution in [2.45, 2.75) is 13.3 Å². The maximum Gasteiger partial charge on any atom is 0.115 e. The SMILES string of the molecule is Cc1cccc2c1nc(CCCl)n2-c1ccc(I)cc1Cl. The fourth-order valence-corrected chi connectivity index (χ4v) is 3.58. The molecule has 0 saturated heterocycles. The molecule has 2 nitrogen and oxygen atoms in total. The lowest BCUT2D eigenvalue weighted by molar-refractivity contribution is 0.912. The molecular weight excluding hydrogens is 418 g/mol. The van der Waals surface area contributed by atoms with E-state index in [0.717, 1.165) is 36.7 Å². The van der Waals surface area contributed by atoms with Crippen molar-refractivity contribution in [3.8, 4) is 5.69 Å². The van der Waals surface area contributed by atoms with Crippen LogP contribution in [0.2, 0.25) is 5.02 Å². The molecule has 0 aliphatic carbocycles. The van der Waals surface area contributed by atoms with Gasteiger partial charge in [0.15, 0.2) is 0 Å². The zero-order chi connectivity index (χ0) is 15.0. The van der Waals surface area contributed by atoms with E-state index in [1.54, 1.807) is 0 Å². The predicted molar refractivity (Wildman–Crippen MR) is 98.0 cm³/mol.